The van der Waals surface area contributed by atoms with Crippen LogP contribution in [-0.2, 0) is 0 Å². The van der Waals surface area contributed by atoms with Crippen molar-refractivity contribution < 1.29 is 9.53 Å². The van der Waals surface area contributed by atoms with E-state index in [4.69, 9.17) is 4.74 Å². The lowest BCUT2D eigenvalue weighted by Crippen LogP contribution is -2.46. The summed E-state index contributed by atoms with van der Waals surface area (Å²) in [7, 11) is 0. The zero-order valence-electron chi connectivity index (χ0n) is 14.0. The van der Waals surface area contributed by atoms with Gasteiger partial charge in [0.15, 0.2) is 0 Å². The maximum atomic E-state index is 12.5. The predicted octanol–water partition coefficient (Wildman–Crippen LogP) is 3.17. The Morgan fingerprint density at radius 3 is 3.00 bits per heavy atom. The molecule has 3 rings (SSSR count). The molecule has 0 spiro atoms. The monoisotopic (exact) mass is 326 g/mol. The van der Waals surface area contributed by atoms with E-state index in [9.17, 15) is 4.79 Å². The Labute approximate surface area is 141 Å². The number of hydrogen-bond acceptors (Lipinski definition) is 4. The summed E-state index contributed by atoms with van der Waals surface area (Å²) in [6.07, 6.45) is 3.46. The van der Waals surface area contributed by atoms with Crippen molar-refractivity contribution in [2.45, 2.75) is 32.8 Å². The van der Waals surface area contributed by atoms with Crippen LogP contribution in [0.25, 0.3) is 0 Å². The maximum Gasteiger partial charge on any atom is 0.321 e. The smallest absolute Gasteiger partial charge is 0.321 e. The third-order valence-corrected chi connectivity index (χ3v) is 3.97. The van der Waals surface area contributed by atoms with E-state index in [1.165, 1.54) is 0 Å². The van der Waals surface area contributed by atoms with E-state index in [1.54, 1.807) is 17.2 Å². The lowest BCUT2D eigenvalue weighted by Gasteiger charge is -2.32. The molecule has 0 radical (unpaired) electrons. The molecule has 1 saturated heterocycles. The molecule has 6 nitrogen and oxygen atoms in total. The topological polar surface area (TPSA) is 67.4 Å². The lowest BCUT2D eigenvalue weighted by molar-refractivity contribution is 0.102. The Bertz CT molecular complexity index is 720. The van der Waals surface area contributed by atoms with Gasteiger partial charge in [0.1, 0.15) is 11.9 Å². The Morgan fingerprint density at radius 2 is 2.21 bits per heavy atom. The Kier molecular flexibility index (Phi) is 4.93. The molecule has 126 valence electrons. The number of anilines is 1. The molecular weight excluding hydrogens is 304 g/mol. The second-order valence-corrected chi connectivity index (χ2v) is 6.07. The van der Waals surface area contributed by atoms with Crippen LogP contribution in [0.1, 0.15) is 24.2 Å². The van der Waals surface area contributed by atoms with Crippen molar-refractivity contribution in [1.82, 2.24) is 14.9 Å². The number of benzene rings is 1. The lowest BCUT2D eigenvalue weighted by atomic mass is 10.1. The van der Waals surface area contributed by atoms with Crippen LogP contribution in [0.4, 0.5) is 10.5 Å². The minimum absolute atomic E-state index is 0.0451. The SMILES string of the molecule is Cc1cccc(NC(=O)N2CCCC(Oc3ccnc(C)n3)C2)c1. The number of hydrogen-bond donors (Lipinski definition) is 1. The molecule has 24 heavy (non-hydrogen) atoms. The van der Waals surface area contributed by atoms with Gasteiger partial charge in [-0.3, -0.25) is 0 Å². The third-order valence-electron chi connectivity index (χ3n) is 3.97. The summed E-state index contributed by atoms with van der Waals surface area (Å²) >= 11 is 0. The summed E-state index contributed by atoms with van der Waals surface area (Å²) in [5, 5.41) is 2.95. The maximum absolute atomic E-state index is 12.5. The molecule has 0 saturated carbocycles. The molecule has 1 fully saturated rings. The first-order valence-corrected chi connectivity index (χ1v) is 8.19. The van der Waals surface area contributed by atoms with Gasteiger partial charge in [-0.1, -0.05) is 12.1 Å². The Hall–Kier alpha value is -2.63. The second kappa shape index (κ2) is 7.29. The zero-order valence-corrected chi connectivity index (χ0v) is 14.0. The number of rotatable bonds is 3. The van der Waals surface area contributed by atoms with Gasteiger partial charge in [0.2, 0.25) is 5.88 Å². The van der Waals surface area contributed by atoms with Crippen molar-refractivity contribution in [3.63, 3.8) is 0 Å². The minimum Gasteiger partial charge on any atom is -0.472 e. The van der Waals surface area contributed by atoms with Gasteiger partial charge in [-0.05, 0) is 44.4 Å². The van der Waals surface area contributed by atoms with Gasteiger partial charge >= 0.3 is 6.03 Å². The van der Waals surface area contributed by atoms with Crippen molar-refractivity contribution in [1.29, 1.82) is 0 Å². The van der Waals surface area contributed by atoms with Crippen LogP contribution in [0.3, 0.4) is 0 Å². The van der Waals surface area contributed by atoms with Crippen LogP contribution in [0.5, 0.6) is 5.88 Å². The molecule has 2 amide bonds. The first kappa shape index (κ1) is 16.2. The molecule has 6 heteroatoms. The van der Waals surface area contributed by atoms with Crippen molar-refractivity contribution in [2.75, 3.05) is 18.4 Å². The Balaban J connectivity index is 1.59. The number of carbonyl (C=O) groups is 1. The van der Waals surface area contributed by atoms with E-state index in [-0.39, 0.29) is 12.1 Å². The molecule has 1 aliphatic rings. The summed E-state index contributed by atoms with van der Waals surface area (Å²) in [6, 6.07) is 9.45. The van der Waals surface area contributed by atoms with Crippen molar-refractivity contribution >= 4 is 11.7 Å². The van der Waals surface area contributed by atoms with E-state index >= 15 is 0 Å². The highest BCUT2D eigenvalue weighted by Gasteiger charge is 2.25. The van der Waals surface area contributed by atoms with Crippen molar-refractivity contribution in [3.8, 4) is 5.88 Å². The summed E-state index contributed by atoms with van der Waals surface area (Å²) in [5.74, 6) is 1.24. The first-order valence-electron chi connectivity index (χ1n) is 8.19. The van der Waals surface area contributed by atoms with Crippen LogP contribution in [0.2, 0.25) is 0 Å². The van der Waals surface area contributed by atoms with Gasteiger partial charge in [-0.2, -0.15) is 4.98 Å². The van der Waals surface area contributed by atoms with Crippen LogP contribution in [-0.4, -0.2) is 40.1 Å². The first-order chi connectivity index (χ1) is 11.6. The molecule has 2 heterocycles. The van der Waals surface area contributed by atoms with Crippen LogP contribution in [0, 0.1) is 13.8 Å². The van der Waals surface area contributed by atoms with Crippen molar-refractivity contribution in [2.24, 2.45) is 0 Å². The van der Waals surface area contributed by atoms with E-state index in [0.29, 0.717) is 18.2 Å². The largest absolute Gasteiger partial charge is 0.472 e. The summed E-state index contributed by atoms with van der Waals surface area (Å²) in [6.45, 7) is 5.13. The molecule has 1 aromatic carbocycles. The number of likely N-dealkylation sites (tertiary alicyclic amines) is 1. The van der Waals surface area contributed by atoms with Crippen molar-refractivity contribution in [3.05, 3.63) is 47.9 Å². The van der Waals surface area contributed by atoms with Gasteiger partial charge in [0.05, 0.1) is 6.54 Å². The number of piperidine rings is 1. The number of aryl methyl sites for hydroxylation is 2. The van der Waals surface area contributed by atoms with Crippen LogP contribution in [0.15, 0.2) is 36.5 Å². The normalized spacial score (nSPS) is 17.4. The fourth-order valence-corrected chi connectivity index (χ4v) is 2.82. The highest BCUT2D eigenvalue weighted by Crippen LogP contribution is 2.18. The molecule has 2 aromatic rings. The number of aromatic nitrogens is 2. The number of ether oxygens (including phenoxy) is 1. The average molecular weight is 326 g/mol. The number of nitrogens with one attached hydrogen (secondary N) is 1. The van der Waals surface area contributed by atoms with Gasteiger partial charge in [0.25, 0.3) is 0 Å². The van der Waals surface area contributed by atoms with Gasteiger partial charge < -0.3 is 15.0 Å². The number of amides is 2. The molecule has 0 aliphatic carbocycles. The van der Waals surface area contributed by atoms with E-state index in [1.807, 2.05) is 38.1 Å². The quantitative estimate of drug-likeness (QED) is 0.941. The summed E-state index contributed by atoms with van der Waals surface area (Å²) < 4.78 is 5.91. The van der Waals surface area contributed by atoms with Crippen LogP contribution < -0.4 is 10.1 Å². The summed E-state index contributed by atoms with van der Waals surface area (Å²) in [4.78, 5) is 22.6. The molecule has 1 atom stereocenters. The molecule has 1 N–H and O–H groups in total. The third kappa shape index (κ3) is 4.22. The second-order valence-electron chi connectivity index (χ2n) is 6.07. The predicted molar refractivity (Wildman–Crippen MR) is 92.2 cm³/mol. The highest BCUT2D eigenvalue weighted by molar-refractivity contribution is 5.89. The van der Waals surface area contributed by atoms with E-state index in [0.717, 1.165) is 30.6 Å². The molecule has 0 bridgehead atoms. The molecular formula is C18H22N4O2. The summed E-state index contributed by atoms with van der Waals surface area (Å²) in [5.41, 5.74) is 1.93. The number of nitrogens with zero attached hydrogens (tertiary/aromatic N) is 3. The van der Waals surface area contributed by atoms with Gasteiger partial charge in [-0.25, -0.2) is 9.78 Å². The van der Waals surface area contributed by atoms with E-state index < -0.39 is 0 Å². The number of carbonyl (C=O) groups excluding carboxylic acids is 1. The van der Waals surface area contributed by atoms with Gasteiger partial charge in [-0.15, -0.1) is 0 Å². The molecule has 1 aromatic heterocycles. The van der Waals surface area contributed by atoms with Crippen LogP contribution >= 0.6 is 0 Å². The average Bonchev–Trinajstić information content (AvgIpc) is 2.55. The fraction of sp³-hybridized carbons (Fsp3) is 0.389. The molecule has 1 aliphatic heterocycles. The Morgan fingerprint density at radius 1 is 1.33 bits per heavy atom. The van der Waals surface area contributed by atoms with Gasteiger partial charge in [0, 0.05) is 24.5 Å². The fourth-order valence-electron chi connectivity index (χ4n) is 2.82. The molecule has 1 unspecified atom stereocenters. The standard InChI is InChI=1S/C18H22N4O2/c1-13-5-3-6-15(11-13)21-18(23)22-10-4-7-16(12-22)24-17-8-9-19-14(2)20-17/h3,5-6,8-9,11,16H,4,7,10,12H2,1-2H3,(H,21,23). The zero-order chi connectivity index (χ0) is 16.9. The van der Waals surface area contributed by atoms with E-state index in [2.05, 4.69) is 15.3 Å². The minimum atomic E-state index is -0.0900. The number of urea groups is 1. The highest BCUT2D eigenvalue weighted by atomic mass is 16.5.